The number of aromatic carboxylic acids is 1. The van der Waals surface area contributed by atoms with Crippen molar-refractivity contribution >= 4 is 17.0 Å². The van der Waals surface area contributed by atoms with Crippen LogP contribution in [0.5, 0.6) is 0 Å². The van der Waals surface area contributed by atoms with Crippen molar-refractivity contribution < 1.29 is 14.6 Å². The first-order valence-electron chi connectivity index (χ1n) is 6.83. The van der Waals surface area contributed by atoms with Crippen LogP contribution >= 0.6 is 0 Å². The molecule has 2 heterocycles. The second-order valence-electron chi connectivity index (χ2n) is 5.23. The molecule has 106 valence electrons. The normalized spacial score (nSPS) is 18.2. The zero-order valence-electron chi connectivity index (χ0n) is 11.3. The lowest BCUT2D eigenvalue weighted by Gasteiger charge is -2.27. The van der Waals surface area contributed by atoms with Crippen LogP contribution in [0.2, 0.25) is 0 Å². The minimum Gasteiger partial charge on any atom is -0.478 e. The summed E-state index contributed by atoms with van der Waals surface area (Å²) in [6, 6.07) is 5.19. The summed E-state index contributed by atoms with van der Waals surface area (Å²) in [6.45, 7) is 3.73. The highest BCUT2D eigenvalue weighted by molar-refractivity contribution is 5.92. The van der Waals surface area contributed by atoms with Crippen LogP contribution in [0.4, 0.5) is 0 Å². The summed E-state index contributed by atoms with van der Waals surface area (Å²) in [5.74, 6) is -0.424. The third kappa shape index (κ3) is 2.27. The molecule has 0 radical (unpaired) electrons. The predicted molar refractivity (Wildman–Crippen MR) is 72.7 cm³/mol. The maximum Gasteiger partial charge on any atom is 0.335 e. The van der Waals surface area contributed by atoms with Gasteiger partial charge in [0.05, 0.1) is 17.1 Å². The molecule has 1 aliphatic heterocycles. The number of carbonyl (C=O) groups is 1. The van der Waals surface area contributed by atoms with Gasteiger partial charge in [-0.05, 0) is 43.9 Å². The average molecular weight is 275 g/mol. The van der Waals surface area contributed by atoms with Crippen LogP contribution in [0, 0.1) is 5.92 Å². The van der Waals surface area contributed by atoms with E-state index in [2.05, 4.69) is 17.2 Å². The summed E-state index contributed by atoms with van der Waals surface area (Å²) in [4.78, 5) is 11.0. The van der Waals surface area contributed by atoms with Gasteiger partial charge in [0.1, 0.15) is 5.52 Å². The molecule has 0 spiro atoms. The minimum atomic E-state index is -0.945. The number of aromatic nitrogens is 3. The molecule has 0 amide bonds. The molecule has 1 fully saturated rings. The van der Waals surface area contributed by atoms with Crippen molar-refractivity contribution in [1.29, 1.82) is 0 Å². The Kier molecular flexibility index (Phi) is 3.40. The highest BCUT2D eigenvalue weighted by Gasteiger charge is 2.24. The van der Waals surface area contributed by atoms with E-state index in [-0.39, 0.29) is 11.6 Å². The molecular formula is C14H17N3O3. The standard InChI is InChI=1S/C14H17N3O3/c1-9(10-4-6-20-7-5-10)17-13-3-2-11(14(18)19)8-12(13)15-16-17/h2-3,8-10H,4-7H2,1H3,(H,18,19). The van der Waals surface area contributed by atoms with Crippen molar-refractivity contribution in [2.75, 3.05) is 13.2 Å². The van der Waals surface area contributed by atoms with E-state index in [0.717, 1.165) is 31.6 Å². The maximum atomic E-state index is 11.0. The van der Waals surface area contributed by atoms with Gasteiger partial charge in [0, 0.05) is 13.2 Å². The van der Waals surface area contributed by atoms with Crippen molar-refractivity contribution in [3.05, 3.63) is 23.8 Å². The van der Waals surface area contributed by atoms with Gasteiger partial charge < -0.3 is 9.84 Å². The van der Waals surface area contributed by atoms with Gasteiger partial charge in [-0.25, -0.2) is 9.48 Å². The number of carboxylic acids is 1. The average Bonchev–Trinajstić information content (AvgIpc) is 2.90. The van der Waals surface area contributed by atoms with Crippen molar-refractivity contribution in [1.82, 2.24) is 15.0 Å². The molecular weight excluding hydrogens is 258 g/mol. The molecule has 1 saturated heterocycles. The molecule has 1 unspecified atom stereocenters. The lowest BCUT2D eigenvalue weighted by atomic mass is 9.93. The Morgan fingerprint density at radius 2 is 2.20 bits per heavy atom. The Morgan fingerprint density at radius 1 is 1.45 bits per heavy atom. The number of hydrogen-bond donors (Lipinski definition) is 1. The zero-order chi connectivity index (χ0) is 14.1. The summed E-state index contributed by atoms with van der Waals surface area (Å²) in [6.07, 6.45) is 2.05. The van der Waals surface area contributed by atoms with Gasteiger partial charge in [-0.2, -0.15) is 0 Å². The van der Waals surface area contributed by atoms with Gasteiger partial charge in [0.25, 0.3) is 0 Å². The van der Waals surface area contributed by atoms with E-state index in [1.54, 1.807) is 18.2 Å². The molecule has 0 aliphatic carbocycles. The van der Waals surface area contributed by atoms with E-state index in [1.165, 1.54) is 0 Å². The van der Waals surface area contributed by atoms with Gasteiger partial charge >= 0.3 is 5.97 Å². The van der Waals surface area contributed by atoms with Crippen LogP contribution in [0.25, 0.3) is 11.0 Å². The fraction of sp³-hybridized carbons (Fsp3) is 0.500. The molecule has 0 bridgehead atoms. The topological polar surface area (TPSA) is 77.2 Å². The van der Waals surface area contributed by atoms with Crippen molar-refractivity contribution in [3.8, 4) is 0 Å². The third-order valence-electron chi connectivity index (χ3n) is 4.05. The smallest absolute Gasteiger partial charge is 0.335 e. The minimum absolute atomic E-state index is 0.236. The number of carboxylic acid groups (broad SMARTS) is 1. The van der Waals surface area contributed by atoms with Crippen LogP contribution in [-0.2, 0) is 4.74 Å². The largest absolute Gasteiger partial charge is 0.478 e. The van der Waals surface area contributed by atoms with Crippen LogP contribution in [0.3, 0.4) is 0 Å². The number of nitrogens with zero attached hydrogens (tertiary/aromatic N) is 3. The SMILES string of the molecule is CC(C1CCOCC1)n1nnc2cc(C(=O)O)ccc21. The van der Waals surface area contributed by atoms with Gasteiger partial charge in [-0.3, -0.25) is 0 Å². The molecule has 2 aromatic rings. The summed E-state index contributed by atoms with van der Waals surface area (Å²) < 4.78 is 7.29. The van der Waals surface area contributed by atoms with E-state index in [0.29, 0.717) is 11.4 Å². The van der Waals surface area contributed by atoms with Crippen LogP contribution < -0.4 is 0 Å². The first kappa shape index (κ1) is 13.1. The summed E-state index contributed by atoms with van der Waals surface area (Å²) >= 11 is 0. The molecule has 0 saturated carbocycles. The number of benzene rings is 1. The number of rotatable bonds is 3. The molecule has 1 atom stereocenters. The quantitative estimate of drug-likeness (QED) is 0.928. The second-order valence-corrected chi connectivity index (χ2v) is 5.23. The first-order chi connectivity index (χ1) is 9.66. The van der Waals surface area contributed by atoms with Gasteiger partial charge in [-0.15, -0.1) is 5.10 Å². The molecule has 1 aromatic carbocycles. The summed E-state index contributed by atoms with van der Waals surface area (Å²) in [5, 5.41) is 17.3. The lowest BCUT2D eigenvalue weighted by molar-refractivity contribution is 0.0499. The van der Waals surface area contributed by atoms with E-state index in [1.807, 2.05) is 4.68 Å². The third-order valence-corrected chi connectivity index (χ3v) is 4.05. The fourth-order valence-electron chi connectivity index (χ4n) is 2.77. The zero-order valence-corrected chi connectivity index (χ0v) is 11.3. The number of ether oxygens (including phenoxy) is 1. The Bertz CT molecular complexity index is 632. The van der Waals surface area contributed by atoms with Gasteiger partial charge in [0.15, 0.2) is 0 Å². The van der Waals surface area contributed by atoms with Crippen LogP contribution in [0.1, 0.15) is 36.2 Å². The first-order valence-corrected chi connectivity index (χ1v) is 6.83. The van der Waals surface area contributed by atoms with E-state index < -0.39 is 5.97 Å². The lowest BCUT2D eigenvalue weighted by Crippen LogP contribution is -2.24. The van der Waals surface area contributed by atoms with Crippen LogP contribution in [0.15, 0.2) is 18.2 Å². The second kappa shape index (κ2) is 5.20. The molecule has 3 rings (SSSR count). The summed E-state index contributed by atoms with van der Waals surface area (Å²) in [5.41, 5.74) is 1.75. The monoisotopic (exact) mass is 275 g/mol. The Labute approximate surface area is 116 Å². The van der Waals surface area contributed by atoms with E-state index in [4.69, 9.17) is 9.84 Å². The van der Waals surface area contributed by atoms with Crippen LogP contribution in [-0.4, -0.2) is 39.3 Å². The molecule has 20 heavy (non-hydrogen) atoms. The van der Waals surface area contributed by atoms with Crippen molar-refractivity contribution in [2.24, 2.45) is 5.92 Å². The van der Waals surface area contributed by atoms with E-state index in [9.17, 15) is 4.79 Å². The maximum absolute atomic E-state index is 11.0. The Hall–Kier alpha value is -1.95. The number of hydrogen-bond acceptors (Lipinski definition) is 4. The van der Waals surface area contributed by atoms with Crippen molar-refractivity contribution in [3.63, 3.8) is 0 Å². The fourth-order valence-corrected chi connectivity index (χ4v) is 2.77. The van der Waals surface area contributed by atoms with Gasteiger partial charge in [0.2, 0.25) is 0 Å². The molecule has 1 aliphatic rings. The molecule has 1 N–H and O–H groups in total. The van der Waals surface area contributed by atoms with Gasteiger partial charge in [-0.1, -0.05) is 5.21 Å². The molecule has 1 aromatic heterocycles. The Morgan fingerprint density at radius 3 is 2.90 bits per heavy atom. The van der Waals surface area contributed by atoms with E-state index >= 15 is 0 Å². The molecule has 6 heteroatoms. The molecule has 6 nitrogen and oxygen atoms in total. The Balaban J connectivity index is 1.93. The van der Waals surface area contributed by atoms with Crippen molar-refractivity contribution in [2.45, 2.75) is 25.8 Å². The predicted octanol–water partition coefficient (Wildman–Crippen LogP) is 2.12. The highest BCUT2D eigenvalue weighted by atomic mass is 16.5. The highest BCUT2D eigenvalue weighted by Crippen LogP contribution is 2.29. The number of fused-ring (bicyclic) bond motifs is 1. The summed E-state index contributed by atoms with van der Waals surface area (Å²) in [7, 11) is 0.